The van der Waals surface area contributed by atoms with Crippen LogP contribution in [0.15, 0.2) is 103 Å². The first-order valence-electron chi connectivity index (χ1n) is 11.7. The fourth-order valence-corrected chi connectivity index (χ4v) is 4.97. The van der Waals surface area contributed by atoms with Gasteiger partial charge in [0.05, 0.1) is 5.69 Å². The van der Waals surface area contributed by atoms with Gasteiger partial charge in [-0.05, 0) is 71.0 Å². The van der Waals surface area contributed by atoms with Crippen molar-refractivity contribution in [1.29, 1.82) is 0 Å². The Morgan fingerprint density at radius 2 is 1.59 bits per heavy atom. The lowest BCUT2D eigenvalue weighted by Crippen LogP contribution is -2.54. The molecule has 0 radical (unpaired) electrons. The zero-order valence-corrected chi connectivity index (χ0v) is 20.3. The van der Waals surface area contributed by atoms with Crippen molar-refractivity contribution in [3.05, 3.63) is 120 Å². The van der Waals surface area contributed by atoms with Crippen molar-refractivity contribution in [2.75, 3.05) is 4.90 Å². The molecule has 180 valence electrons. The second-order valence-electron chi connectivity index (χ2n) is 8.85. The molecule has 2 amide bonds. The Kier molecular flexibility index (Phi) is 5.62. The summed E-state index contributed by atoms with van der Waals surface area (Å²) < 4.78 is 15.5. The Morgan fingerprint density at radius 3 is 2.41 bits per heavy atom. The highest BCUT2D eigenvalue weighted by molar-refractivity contribution is 7.80. The largest absolute Gasteiger partial charge is 0.342 e. The first-order chi connectivity index (χ1) is 18.0. The normalized spacial score (nSPS) is 15.1. The lowest BCUT2D eigenvalue weighted by atomic mass is 10.1. The van der Waals surface area contributed by atoms with Gasteiger partial charge in [0, 0.05) is 29.2 Å². The van der Waals surface area contributed by atoms with Crippen LogP contribution in [0.25, 0.3) is 27.8 Å². The number of thiocarbonyl (C=S) groups is 1. The molecule has 7 heteroatoms. The molecule has 1 aliphatic heterocycles. The molecular weight excluding hydrogens is 485 g/mol. The summed E-state index contributed by atoms with van der Waals surface area (Å²) in [5.41, 5.74) is 3.18. The number of aromatic nitrogens is 1. The first-order valence-corrected chi connectivity index (χ1v) is 12.1. The molecule has 6 rings (SSSR count). The predicted molar refractivity (Wildman–Crippen MR) is 148 cm³/mol. The molecule has 5 aromatic rings. The van der Waals surface area contributed by atoms with Crippen molar-refractivity contribution in [3.8, 4) is 0 Å². The van der Waals surface area contributed by atoms with Crippen molar-refractivity contribution >= 4 is 62.6 Å². The quantitative estimate of drug-likeness (QED) is 0.190. The minimum atomic E-state index is -0.570. The first kappa shape index (κ1) is 22.8. The smallest absolute Gasteiger partial charge is 0.270 e. The van der Waals surface area contributed by atoms with Gasteiger partial charge in [0.15, 0.2) is 5.11 Å². The van der Waals surface area contributed by atoms with Crippen LogP contribution in [0, 0.1) is 5.82 Å². The summed E-state index contributed by atoms with van der Waals surface area (Å²) in [5.74, 6) is -1.57. The Morgan fingerprint density at radius 1 is 0.865 bits per heavy atom. The zero-order valence-electron chi connectivity index (χ0n) is 19.5. The molecular formula is C30H20FN3O2S. The van der Waals surface area contributed by atoms with Crippen molar-refractivity contribution in [2.24, 2.45) is 0 Å². The maximum Gasteiger partial charge on any atom is 0.270 e. The van der Waals surface area contributed by atoms with Gasteiger partial charge in [-0.2, -0.15) is 0 Å². The summed E-state index contributed by atoms with van der Waals surface area (Å²) in [6.45, 7) is 0.625. The predicted octanol–water partition coefficient (Wildman–Crippen LogP) is 5.81. The second kappa shape index (κ2) is 9.11. The van der Waals surface area contributed by atoms with E-state index in [4.69, 9.17) is 12.2 Å². The van der Waals surface area contributed by atoms with Gasteiger partial charge in [-0.25, -0.2) is 4.39 Å². The number of halogens is 1. The van der Waals surface area contributed by atoms with E-state index in [0.29, 0.717) is 12.2 Å². The van der Waals surface area contributed by atoms with Gasteiger partial charge in [-0.1, -0.05) is 54.6 Å². The van der Waals surface area contributed by atoms with Gasteiger partial charge >= 0.3 is 0 Å². The summed E-state index contributed by atoms with van der Waals surface area (Å²) in [6.07, 6.45) is 3.54. The Balaban J connectivity index is 1.40. The van der Waals surface area contributed by atoms with Gasteiger partial charge in [-0.15, -0.1) is 0 Å². The molecule has 4 aromatic carbocycles. The summed E-state index contributed by atoms with van der Waals surface area (Å²) >= 11 is 5.25. The van der Waals surface area contributed by atoms with E-state index in [1.54, 1.807) is 6.08 Å². The number of nitrogens with one attached hydrogen (secondary N) is 1. The Labute approximate surface area is 217 Å². The molecule has 0 spiro atoms. The van der Waals surface area contributed by atoms with Crippen LogP contribution in [0.4, 0.5) is 10.1 Å². The van der Waals surface area contributed by atoms with Crippen LogP contribution in [-0.2, 0) is 16.1 Å². The Hall–Kier alpha value is -4.62. The van der Waals surface area contributed by atoms with Crippen LogP contribution in [0.1, 0.15) is 11.1 Å². The number of anilines is 1. The van der Waals surface area contributed by atoms with Crippen molar-refractivity contribution in [1.82, 2.24) is 9.88 Å². The molecule has 1 N–H and O–H groups in total. The molecule has 1 aliphatic rings. The minimum absolute atomic E-state index is 0.0440. The van der Waals surface area contributed by atoms with Gasteiger partial charge in [0.2, 0.25) is 0 Å². The number of hydrogen-bond acceptors (Lipinski definition) is 3. The van der Waals surface area contributed by atoms with Crippen LogP contribution < -0.4 is 10.2 Å². The maximum absolute atomic E-state index is 13.4. The van der Waals surface area contributed by atoms with E-state index in [1.165, 1.54) is 39.9 Å². The molecule has 0 unspecified atom stereocenters. The number of fused-ring (bicyclic) bond motifs is 2. The fraction of sp³-hybridized carbons (Fsp3) is 0.0333. The lowest BCUT2D eigenvalue weighted by molar-refractivity contribution is -0.122. The molecule has 5 nitrogen and oxygen atoms in total. The summed E-state index contributed by atoms with van der Waals surface area (Å²) in [4.78, 5) is 27.4. The molecule has 0 saturated carbocycles. The van der Waals surface area contributed by atoms with E-state index in [-0.39, 0.29) is 10.7 Å². The molecule has 0 aliphatic carbocycles. The number of benzene rings is 4. The SMILES string of the molecule is O=C1NC(=S)N(c2ccc(F)cc2)C(=O)/C1=C\c1cn(Cc2ccc3ccccc3c2)c2ccccc12. The zero-order chi connectivity index (χ0) is 25.5. The second-order valence-corrected chi connectivity index (χ2v) is 9.23. The molecule has 2 heterocycles. The monoisotopic (exact) mass is 505 g/mol. The average molecular weight is 506 g/mol. The third kappa shape index (κ3) is 4.19. The topological polar surface area (TPSA) is 54.3 Å². The summed E-state index contributed by atoms with van der Waals surface area (Å²) in [6, 6.07) is 27.8. The lowest BCUT2D eigenvalue weighted by Gasteiger charge is -2.28. The number of para-hydroxylation sites is 1. The van der Waals surface area contributed by atoms with Crippen LogP contribution in [0.2, 0.25) is 0 Å². The highest BCUT2D eigenvalue weighted by atomic mass is 32.1. The van der Waals surface area contributed by atoms with Crippen molar-refractivity contribution in [2.45, 2.75) is 6.54 Å². The number of rotatable bonds is 4. The highest BCUT2D eigenvalue weighted by Gasteiger charge is 2.34. The van der Waals surface area contributed by atoms with E-state index >= 15 is 0 Å². The molecule has 0 bridgehead atoms. The number of carbonyl (C=O) groups is 2. The Bertz CT molecular complexity index is 1750. The minimum Gasteiger partial charge on any atom is -0.342 e. The molecule has 1 aromatic heterocycles. The molecule has 0 atom stereocenters. The van der Waals surface area contributed by atoms with E-state index in [0.717, 1.165) is 22.0 Å². The van der Waals surface area contributed by atoms with E-state index in [9.17, 15) is 14.0 Å². The van der Waals surface area contributed by atoms with Crippen LogP contribution >= 0.6 is 12.2 Å². The summed E-state index contributed by atoms with van der Waals surface area (Å²) in [7, 11) is 0. The van der Waals surface area contributed by atoms with E-state index in [2.05, 4.69) is 40.2 Å². The number of amides is 2. The fourth-order valence-electron chi connectivity index (χ4n) is 4.69. The average Bonchev–Trinajstić information content (AvgIpc) is 3.24. The number of nitrogens with zero attached hydrogens (tertiary/aromatic N) is 2. The molecule has 37 heavy (non-hydrogen) atoms. The third-order valence-electron chi connectivity index (χ3n) is 6.47. The number of hydrogen-bond donors (Lipinski definition) is 1. The van der Waals surface area contributed by atoms with Crippen molar-refractivity contribution < 1.29 is 14.0 Å². The van der Waals surface area contributed by atoms with E-state index in [1.807, 2.05) is 42.6 Å². The van der Waals surface area contributed by atoms with Gasteiger partial charge < -0.3 is 4.57 Å². The van der Waals surface area contributed by atoms with Crippen molar-refractivity contribution in [3.63, 3.8) is 0 Å². The van der Waals surface area contributed by atoms with Gasteiger partial charge in [0.1, 0.15) is 11.4 Å². The van der Waals surface area contributed by atoms with Gasteiger partial charge in [-0.3, -0.25) is 19.8 Å². The van der Waals surface area contributed by atoms with Gasteiger partial charge in [0.25, 0.3) is 11.8 Å². The van der Waals surface area contributed by atoms with Crippen LogP contribution in [0.5, 0.6) is 0 Å². The molecule has 1 saturated heterocycles. The summed E-state index contributed by atoms with van der Waals surface area (Å²) in [5, 5.41) is 5.80. The highest BCUT2D eigenvalue weighted by Crippen LogP contribution is 2.28. The van der Waals surface area contributed by atoms with Crippen LogP contribution in [-0.4, -0.2) is 21.5 Å². The molecule has 1 fully saturated rings. The van der Waals surface area contributed by atoms with E-state index < -0.39 is 17.6 Å². The third-order valence-corrected chi connectivity index (χ3v) is 6.76. The van der Waals surface area contributed by atoms with Crippen LogP contribution in [0.3, 0.4) is 0 Å². The maximum atomic E-state index is 13.4. The number of carbonyl (C=O) groups excluding carboxylic acids is 2. The standard InChI is InChI=1S/C30H20FN3O2S/c31-23-11-13-24(14-12-23)34-29(36)26(28(35)32-30(34)37)16-22-18-33(27-8-4-3-7-25(22)27)17-19-9-10-20-5-1-2-6-21(20)15-19/h1-16,18H,17H2,(H,32,35,37)/b26-16-.